The third kappa shape index (κ3) is 2.40. The van der Waals surface area contributed by atoms with Crippen molar-refractivity contribution in [1.82, 2.24) is 9.97 Å². The molecule has 0 aliphatic rings. The summed E-state index contributed by atoms with van der Waals surface area (Å²) in [6.45, 7) is 0. The minimum absolute atomic E-state index is 0.762. The summed E-state index contributed by atoms with van der Waals surface area (Å²) >= 11 is 0. The highest BCUT2D eigenvalue weighted by Gasteiger charge is 1.92. The van der Waals surface area contributed by atoms with Crippen LogP contribution in [0, 0.1) is 0 Å². The first kappa shape index (κ1) is 9.40. The van der Waals surface area contributed by atoms with Crippen LogP contribution in [0.3, 0.4) is 0 Å². The van der Waals surface area contributed by atoms with Crippen LogP contribution in [0.2, 0.25) is 0 Å². The van der Waals surface area contributed by atoms with Gasteiger partial charge in [-0.05, 0) is 17.7 Å². The fraction of sp³-hybridized carbons (Fsp3) is 0. The second kappa shape index (κ2) is 4.37. The lowest BCUT2D eigenvalue weighted by Gasteiger charge is -1.97. The summed E-state index contributed by atoms with van der Waals surface area (Å²) in [5.74, 6) is 0. The molecule has 74 valence electrons. The average Bonchev–Trinajstić information content (AvgIpc) is 2.29. The minimum atomic E-state index is 0.762. The lowest BCUT2D eigenvalue weighted by molar-refractivity contribution is 1.18. The monoisotopic (exact) mass is 197 g/mol. The molecule has 2 N–H and O–H groups in total. The molecule has 3 heteroatoms. The molecule has 0 fully saturated rings. The van der Waals surface area contributed by atoms with E-state index in [1.165, 1.54) is 0 Å². The molecule has 2 aromatic rings. The highest BCUT2D eigenvalue weighted by molar-refractivity contribution is 5.74. The number of nitrogens with two attached hydrogens (primary N) is 1. The van der Waals surface area contributed by atoms with E-state index in [2.05, 4.69) is 9.97 Å². The Balaban J connectivity index is 2.23. The van der Waals surface area contributed by atoms with E-state index in [1.54, 1.807) is 18.6 Å². The van der Waals surface area contributed by atoms with Crippen LogP contribution >= 0.6 is 0 Å². The van der Waals surface area contributed by atoms with Crippen LogP contribution in [0.25, 0.3) is 12.2 Å². The van der Waals surface area contributed by atoms with Crippen LogP contribution in [-0.4, -0.2) is 9.97 Å². The molecule has 0 unspecified atom stereocenters. The van der Waals surface area contributed by atoms with Crippen molar-refractivity contribution in [2.24, 2.45) is 0 Å². The lowest BCUT2D eigenvalue weighted by Crippen LogP contribution is -1.87. The number of nitrogens with zero attached hydrogens (tertiary/aromatic N) is 2. The molecule has 0 saturated carbocycles. The maximum atomic E-state index is 5.80. The molecule has 0 aliphatic heterocycles. The van der Waals surface area contributed by atoms with Crippen molar-refractivity contribution in [2.45, 2.75) is 0 Å². The van der Waals surface area contributed by atoms with Crippen molar-refractivity contribution < 1.29 is 0 Å². The average molecular weight is 197 g/mol. The maximum Gasteiger partial charge on any atom is 0.0813 e. The van der Waals surface area contributed by atoms with Crippen LogP contribution in [0.1, 0.15) is 11.3 Å². The van der Waals surface area contributed by atoms with Gasteiger partial charge in [-0.15, -0.1) is 0 Å². The number of rotatable bonds is 2. The fourth-order valence-corrected chi connectivity index (χ4v) is 1.23. The number of nitrogen functional groups attached to an aromatic ring is 1. The van der Waals surface area contributed by atoms with Gasteiger partial charge in [0.1, 0.15) is 0 Å². The first-order chi connectivity index (χ1) is 7.36. The molecule has 15 heavy (non-hydrogen) atoms. The largest absolute Gasteiger partial charge is 0.398 e. The fourth-order valence-electron chi connectivity index (χ4n) is 1.23. The molecular weight excluding hydrogens is 186 g/mol. The van der Waals surface area contributed by atoms with E-state index in [-0.39, 0.29) is 0 Å². The third-order valence-corrected chi connectivity index (χ3v) is 2.01. The predicted molar refractivity (Wildman–Crippen MR) is 61.8 cm³/mol. The molecule has 1 heterocycles. The van der Waals surface area contributed by atoms with Gasteiger partial charge >= 0.3 is 0 Å². The van der Waals surface area contributed by atoms with Crippen molar-refractivity contribution in [3.8, 4) is 0 Å². The summed E-state index contributed by atoms with van der Waals surface area (Å²) in [5.41, 5.74) is 8.37. The molecular formula is C12H11N3. The summed E-state index contributed by atoms with van der Waals surface area (Å²) in [5, 5.41) is 0. The van der Waals surface area contributed by atoms with Gasteiger partial charge in [-0.3, -0.25) is 9.97 Å². The normalized spacial score (nSPS) is 10.7. The molecule has 1 aromatic carbocycles. The summed E-state index contributed by atoms with van der Waals surface area (Å²) in [6, 6.07) is 7.69. The van der Waals surface area contributed by atoms with Gasteiger partial charge in [0.2, 0.25) is 0 Å². The molecule has 0 atom stereocenters. The van der Waals surface area contributed by atoms with E-state index < -0.39 is 0 Å². The molecule has 1 aromatic heterocycles. The number of hydrogen-bond acceptors (Lipinski definition) is 3. The van der Waals surface area contributed by atoms with E-state index in [9.17, 15) is 0 Å². The Morgan fingerprint density at radius 1 is 1.07 bits per heavy atom. The SMILES string of the molecule is Nc1ccccc1C=Cc1cnccn1. The second-order valence-electron chi connectivity index (χ2n) is 3.09. The topological polar surface area (TPSA) is 51.8 Å². The molecule has 3 nitrogen and oxygen atoms in total. The number of anilines is 1. The number of aromatic nitrogens is 2. The summed E-state index contributed by atoms with van der Waals surface area (Å²) in [7, 11) is 0. The van der Waals surface area contributed by atoms with Gasteiger partial charge in [-0.25, -0.2) is 0 Å². The van der Waals surface area contributed by atoms with Crippen molar-refractivity contribution >= 4 is 17.8 Å². The Bertz CT molecular complexity index is 463. The van der Waals surface area contributed by atoms with E-state index in [0.717, 1.165) is 16.9 Å². The quantitative estimate of drug-likeness (QED) is 0.751. The molecule has 0 spiro atoms. The van der Waals surface area contributed by atoms with Gasteiger partial charge in [0.05, 0.1) is 11.9 Å². The first-order valence-electron chi connectivity index (χ1n) is 4.65. The van der Waals surface area contributed by atoms with E-state index >= 15 is 0 Å². The predicted octanol–water partition coefficient (Wildman–Crippen LogP) is 2.23. The molecule has 0 radical (unpaired) electrons. The standard InChI is InChI=1S/C12H11N3/c13-12-4-2-1-3-10(12)5-6-11-9-14-7-8-15-11/h1-9H,13H2. The van der Waals surface area contributed by atoms with Gasteiger partial charge in [-0.1, -0.05) is 24.3 Å². The first-order valence-corrected chi connectivity index (χ1v) is 4.65. The van der Waals surface area contributed by atoms with Crippen molar-refractivity contribution in [2.75, 3.05) is 5.73 Å². The Hall–Kier alpha value is -2.16. The number of benzene rings is 1. The highest BCUT2D eigenvalue weighted by atomic mass is 14.8. The Morgan fingerprint density at radius 3 is 2.67 bits per heavy atom. The number of hydrogen-bond donors (Lipinski definition) is 1. The zero-order valence-electron chi connectivity index (χ0n) is 8.17. The molecule has 0 bridgehead atoms. The van der Waals surface area contributed by atoms with Gasteiger partial charge in [0, 0.05) is 18.1 Å². The van der Waals surface area contributed by atoms with Crippen LogP contribution in [-0.2, 0) is 0 Å². The second-order valence-corrected chi connectivity index (χ2v) is 3.09. The van der Waals surface area contributed by atoms with Crippen LogP contribution in [0.4, 0.5) is 5.69 Å². The number of para-hydroxylation sites is 1. The van der Waals surface area contributed by atoms with Crippen molar-refractivity contribution in [1.29, 1.82) is 0 Å². The van der Waals surface area contributed by atoms with Gasteiger partial charge in [0.25, 0.3) is 0 Å². The maximum absolute atomic E-state index is 5.80. The van der Waals surface area contributed by atoms with Gasteiger partial charge < -0.3 is 5.73 Å². The molecule has 0 amide bonds. The lowest BCUT2D eigenvalue weighted by atomic mass is 10.1. The smallest absolute Gasteiger partial charge is 0.0813 e. The summed E-state index contributed by atoms with van der Waals surface area (Å²) in [4.78, 5) is 8.11. The van der Waals surface area contributed by atoms with E-state index in [4.69, 9.17) is 5.73 Å². The van der Waals surface area contributed by atoms with E-state index in [0.29, 0.717) is 0 Å². The Morgan fingerprint density at radius 2 is 1.93 bits per heavy atom. The van der Waals surface area contributed by atoms with Crippen molar-refractivity contribution in [3.05, 3.63) is 54.1 Å². The molecule has 2 rings (SSSR count). The zero-order valence-corrected chi connectivity index (χ0v) is 8.17. The Labute approximate surface area is 88.3 Å². The van der Waals surface area contributed by atoms with Crippen LogP contribution < -0.4 is 5.73 Å². The summed E-state index contributed by atoms with van der Waals surface area (Å²) in [6.07, 6.45) is 8.83. The van der Waals surface area contributed by atoms with Gasteiger partial charge in [0.15, 0.2) is 0 Å². The minimum Gasteiger partial charge on any atom is -0.398 e. The summed E-state index contributed by atoms with van der Waals surface area (Å²) < 4.78 is 0. The zero-order chi connectivity index (χ0) is 10.5. The molecule has 0 aliphatic carbocycles. The highest BCUT2D eigenvalue weighted by Crippen LogP contribution is 2.13. The Kier molecular flexibility index (Phi) is 2.74. The van der Waals surface area contributed by atoms with Crippen LogP contribution in [0.15, 0.2) is 42.9 Å². The van der Waals surface area contributed by atoms with Crippen molar-refractivity contribution in [3.63, 3.8) is 0 Å². The van der Waals surface area contributed by atoms with Gasteiger partial charge in [-0.2, -0.15) is 0 Å². The third-order valence-electron chi connectivity index (χ3n) is 2.01. The molecule has 0 saturated heterocycles. The van der Waals surface area contributed by atoms with Crippen LogP contribution in [0.5, 0.6) is 0 Å². The van der Waals surface area contributed by atoms with E-state index in [1.807, 2.05) is 36.4 Å².